The molecule has 3 heteroatoms. The fourth-order valence-corrected chi connectivity index (χ4v) is 4.21. The summed E-state index contributed by atoms with van der Waals surface area (Å²) in [6.45, 7) is 2.97. The lowest BCUT2D eigenvalue weighted by Crippen LogP contribution is -2.42. The van der Waals surface area contributed by atoms with Gasteiger partial charge in [0, 0.05) is 13.0 Å². The molecular formula is C23H25N3. The molecule has 0 N–H and O–H groups in total. The van der Waals surface area contributed by atoms with Crippen LogP contribution in [0.15, 0.2) is 60.7 Å². The van der Waals surface area contributed by atoms with Crippen molar-refractivity contribution in [3.8, 4) is 12.1 Å². The van der Waals surface area contributed by atoms with Crippen molar-refractivity contribution < 1.29 is 0 Å². The number of hydrogen-bond donors (Lipinski definition) is 0. The Balaban J connectivity index is 1.73. The maximum atomic E-state index is 10.1. The van der Waals surface area contributed by atoms with Crippen molar-refractivity contribution in [2.45, 2.75) is 37.6 Å². The molecule has 2 aromatic carbocycles. The molecule has 0 bridgehead atoms. The maximum Gasteiger partial charge on any atom is 0.0861 e. The lowest BCUT2D eigenvalue weighted by Gasteiger charge is -2.41. The highest BCUT2D eigenvalue weighted by molar-refractivity contribution is 5.34. The molecule has 1 heterocycles. The molecule has 1 fully saturated rings. The SMILES string of the molecule is N#CCC[C@](C#N)(c1ccccc1)C1CCN(Cc2ccccc2)CC1. The van der Waals surface area contributed by atoms with Gasteiger partial charge < -0.3 is 0 Å². The van der Waals surface area contributed by atoms with Gasteiger partial charge >= 0.3 is 0 Å². The second-order valence-electron chi connectivity index (χ2n) is 7.14. The minimum atomic E-state index is -0.546. The van der Waals surface area contributed by atoms with Crippen LogP contribution in [0.2, 0.25) is 0 Å². The smallest absolute Gasteiger partial charge is 0.0861 e. The summed E-state index contributed by atoms with van der Waals surface area (Å²) in [4.78, 5) is 2.48. The average Bonchev–Trinajstić information content (AvgIpc) is 2.71. The second-order valence-corrected chi connectivity index (χ2v) is 7.14. The molecule has 1 aliphatic rings. The fourth-order valence-electron chi connectivity index (χ4n) is 4.21. The quantitative estimate of drug-likeness (QED) is 0.766. The van der Waals surface area contributed by atoms with Crippen molar-refractivity contribution in [1.29, 1.82) is 10.5 Å². The van der Waals surface area contributed by atoms with Gasteiger partial charge in [0.25, 0.3) is 0 Å². The number of benzene rings is 2. The van der Waals surface area contributed by atoms with Crippen molar-refractivity contribution in [3.63, 3.8) is 0 Å². The predicted octanol–water partition coefficient (Wildman–Crippen LogP) is 4.66. The molecule has 0 spiro atoms. The monoisotopic (exact) mass is 343 g/mol. The number of nitrogens with zero attached hydrogens (tertiary/aromatic N) is 3. The maximum absolute atomic E-state index is 10.1. The normalized spacial score (nSPS) is 17.8. The lowest BCUT2D eigenvalue weighted by atomic mass is 9.65. The summed E-state index contributed by atoms with van der Waals surface area (Å²) in [5.41, 5.74) is 1.86. The number of hydrogen-bond acceptors (Lipinski definition) is 3. The molecule has 0 aliphatic carbocycles. The van der Waals surface area contributed by atoms with Crippen LogP contribution in [0, 0.1) is 28.6 Å². The molecule has 1 aliphatic heterocycles. The van der Waals surface area contributed by atoms with Crippen molar-refractivity contribution in [2.75, 3.05) is 13.1 Å². The van der Waals surface area contributed by atoms with E-state index in [9.17, 15) is 5.26 Å². The Morgan fingerprint density at radius 1 is 0.923 bits per heavy atom. The van der Waals surface area contributed by atoms with Crippen LogP contribution in [0.25, 0.3) is 0 Å². The van der Waals surface area contributed by atoms with Crippen LogP contribution >= 0.6 is 0 Å². The molecular weight excluding hydrogens is 318 g/mol. The zero-order valence-electron chi connectivity index (χ0n) is 15.1. The van der Waals surface area contributed by atoms with Gasteiger partial charge in [0.15, 0.2) is 0 Å². The summed E-state index contributed by atoms with van der Waals surface area (Å²) in [5.74, 6) is 0.301. The van der Waals surface area contributed by atoms with Crippen LogP contribution in [-0.4, -0.2) is 18.0 Å². The molecule has 3 rings (SSSR count). The van der Waals surface area contributed by atoms with Crippen molar-refractivity contribution in [2.24, 2.45) is 5.92 Å². The Morgan fingerprint density at radius 3 is 2.12 bits per heavy atom. The predicted molar refractivity (Wildman–Crippen MR) is 103 cm³/mol. The third kappa shape index (κ3) is 3.96. The van der Waals surface area contributed by atoms with Crippen LogP contribution < -0.4 is 0 Å². The topological polar surface area (TPSA) is 50.8 Å². The molecule has 0 amide bonds. The molecule has 0 unspecified atom stereocenters. The van der Waals surface area contributed by atoms with Gasteiger partial charge in [0.1, 0.15) is 0 Å². The summed E-state index contributed by atoms with van der Waals surface area (Å²) < 4.78 is 0. The molecule has 132 valence electrons. The number of piperidine rings is 1. The first-order chi connectivity index (χ1) is 12.8. The zero-order valence-corrected chi connectivity index (χ0v) is 15.1. The summed E-state index contributed by atoms with van der Waals surface area (Å²) in [5, 5.41) is 19.2. The fraction of sp³-hybridized carbons (Fsp3) is 0.391. The van der Waals surface area contributed by atoms with Crippen LogP contribution in [0.5, 0.6) is 0 Å². The largest absolute Gasteiger partial charge is 0.299 e. The Morgan fingerprint density at radius 2 is 1.54 bits per heavy atom. The van der Waals surface area contributed by atoms with Crippen molar-refractivity contribution in [3.05, 3.63) is 71.8 Å². The van der Waals surface area contributed by atoms with Gasteiger partial charge in [-0.2, -0.15) is 10.5 Å². The third-order valence-corrected chi connectivity index (χ3v) is 5.65. The minimum Gasteiger partial charge on any atom is -0.299 e. The Hall–Kier alpha value is -2.62. The number of nitriles is 2. The highest BCUT2D eigenvalue weighted by atomic mass is 15.1. The van der Waals surface area contributed by atoms with Gasteiger partial charge in [-0.3, -0.25) is 4.90 Å². The minimum absolute atomic E-state index is 0.301. The van der Waals surface area contributed by atoms with E-state index >= 15 is 0 Å². The first-order valence-electron chi connectivity index (χ1n) is 9.38. The van der Waals surface area contributed by atoms with Gasteiger partial charge in [0.2, 0.25) is 0 Å². The van der Waals surface area contributed by atoms with Crippen LogP contribution in [0.1, 0.15) is 36.8 Å². The van der Waals surface area contributed by atoms with E-state index in [-0.39, 0.29) is 0 Å². The van der Waals surface area contributed by atoms with Crippen molar-refractivity contribution >= 4 is 0 Å². The summed E-state index contributed by atoms with van der Waals surface area (Å²) >= 11 is 0. The first-order valence-corrected chi connectivity index (χ1v) is 9.38. The van der Waals surface area contributed by atoms with Crippen LogP contribution in [0.3, 0.4) is 0 Å². The van der Waals surface area contributed by atoms with E-state index in [2.05, 4.69) is 53.4 Å². The van der Waals surface area contributed by atoms with E-state index in [1.165, 1.54) is 5.56 Å². The van der Waals surface area contributed by atoms with Gasteiger partial charge in [-0.1, -0.05) is 60.7 Å². The van der Waals surface area contributed by atoms with E-state index in [0.29, 0.717) is 18.8 Å². The summed E-state index contributed by atoms with van der Waals surface area (Å²) in [6.07, 6.45) is 3.04. The zero-order chi connectivity index (χ0) is 18.2. The van der Waals surface area contributed by atoms with E-state index in [4.69, 9.17) is 5.26 Å². The molecule has 3 nitrogen and oxygen atoms in total. The molecule has 26 heavy (non-hydrogen) atoms. The van der Waals surface area contributed by atoms with Gasteiger partial charge in [-0.05, 0) is 49.4 Å². The summed E-state index contributed by atoms with van der Waals surface area (Å²) in [7, 11) is 0. The van der Waals surface area contributed by atoms with Gasteiger partial charge in [0.05, 0.1) is 17.6 Å². The van der Waals surface area contributed by atoms with Crippen molar-refractivity contribution in [1.82, 2.24) is 4.90 Å². The van der Waals surface area contributed by atoms with E-state index in [1.54, 1.807) is 0 Å². The molecule has 0 saturated carbocycles. The molecule has 2 aromatic rings. The van der Waals surface area contributed by atoms with Crippen LogP contribution in [-0.2, 0) is 12.0 Å². The van der Waals surface area contributed by atoms with Gasteiger partial charge in [-0.25, -0.2) is 0 Å². The Labute approximate surface area is 156 Å². The highest BCUT2D eigenvalue weighted by Gasteiger charge is 2.41. The van der Waals surface area contributed by atoms with E-state index in [1.807, 2.05) is 24.3 Å². The lowest BCUT2D eigenvalue weighted by molar-refractivity contribution is 0.138. The Kier molecular flexibility index (Phi) is 6.05. The van der Waals surface area contributed by atoms with E-state index < -0.39 is 5.41 Å². The molecule has 0 aromatic heterocycles. The Bertz CT molecular complexity index is 765. The van der Waals surface area contributed by atoms with Gasteiger partial charge in [-0.15, -0.1) is 0 Å². The van der Waals surface area contributed by atoms with E-state index in [0.717, 1.165) is 38.0 Å². The number of rotatable bonds is 6. The standard InChI is InChI=1S/C23H25N3/c24-15-7-14-23(19-25,21-10-5-2-6-11-21)22-12-16-26(17-13-22)18-20-8-3-1-4-9-20/h1-6,8-11,22H,7,12-14,16-18H2/t23-/m0/s1. The molecule has 1 atom stereocenters. The summed E-state index contributed by atoms with van der Waals surface area (Å²) in [6, 6.07) is 25.5. The second kappa shape index (κ2) is 8.65. The molecule has 1 saturated heterocycles. The first kappa shape index (κ1) is 18.2. The van der Waals surface area contributed by atoms with Crippen LogP contribution in [0.4, 0.5) is 0 Å². The highest BCUT2D eigenvalue weighted by Crippen LogP contribution is 2.42. The third-order valence-electron chi connectivity index (χ3n) is 5.65. The number of likely N-dealkylation sites (tertiary alicyclic amines) is 1. The molecule has 0 radical (unpaired) electrons. The average molecular weight is 343 g/mol.